The van der Waals surface area contributed by atoms with Crippen LogP contribution in [0.2, 0.25) is 0 Å². The Morgan fingerprint density at radius 2 is 2.07 bits per heavy atom. The first-order chi connectivity index (χ1) is 12.8. The molecule has 0 spiro atoms. The van der Waals surface area contributed by atoms with Crippen LogP contribution < -0.4 is 15.0 Å². The van der Waals surface area contributed by atoms with Gasteiger partial charge in [0.25, 0.3) is 5.88 Å². The molecule has 2 N–H and O–H groups in total. The molecule has 2 aromatic rings. The minimum atomic E-state index is -1.03. The highest BCUT2D eigenvalue weighted by Crippen LogP contribution is 2.30. The van der Waals surface area contributed by atoms with E-state index >= 15 is 0 Å². The van der Waals surface area contributed by atoms with E-state index in [1.807, 2.05) is 20.8 Å². The van der Waals surface area contributed by atoms with Crippen molar-refractivity contribution < 1.29 is 19.5 Å². The molecular weight excluding hydrogens is 354 g/mol. The van der Waals surface area contributed by atoms with Gasteiger partial charge >= 0.3 is 11.2 Å². The average Bonchev–Trinajstić information content (AvgIpc) is 2.61. The number of H-pyrrole nitrogens is 1. The molecule has 0 aliphatic heterocycles. The van der Waals surface area contributed by atoms with Gasteiger partial charge in [-0.1, -0.05) is 19.1 Å². The van der Waals surface area contributed by atoms with Crippen molar-refractivity contribution in [1.82, 2.24) is 9.97 Å². The number of nitrogens with zero attached hydrogens (tertiary/aromatic N) is 2. The molecule has 0 aliphatic rings. The Balaban J connectivity index is 2.30. The summed E-state index contributed by atoms with van der Waals surface area (Å²) in [6.45, 7) is 6.32. The molecule has 9 heteroatoms. The van der Waals surface area contributed by atoms with Crippen LogP contribution in [0.1, 0.15) is 38.6 Å². The number of aromatic nitrogens is 2. The third-order valence-electron chi connectivity index (χ3n) is 3.68. The van der Waals surface area contributed by atoms with Crippen LogP contribution in [0.3, 0.4) is 0 Å². The quantitative estimate of drug-likeness (QED) is 0.536. The summed E-state index contributed by atoms with van der Waals surface area (Å²) >= 11 is 0. The third kappa shape index (κ3) is 5.06. The molecule has 1 aromatic heterocycles. The molecule has 27 heavy (non-hydrogen) atoms. The van der Waals surface area contributed by atoms with Crippen molar-refractivity contribution >= 4 is 17.8 Å². The second-order valence-electron chi connectivity index (χ2n) is 5.69. The molecule has 9 nitrogen and oxygen atoms in total. The Morgan fingerprint density at radius 1 is 1.33 bits per heavy atom. The minimum Gasteiger partial charge on any atom is -0.490 e. The van der Waals surface area contributed by atoms with E-state index < -0.39 is 22.0 Å². The SMILES string of the molecule is CCOc1cc(/C=C\c2nc(O)c([N+](=O)[O-])c(=O)[nH]2)ccc1O[C@@H](C)CC. The van der Waals surface area contributed by atoms with E-state index in [2.05, 4.69) is 9.97 Å². The molecule has 0 unspecified atom stereocenters. The van der Waals surface area contributed by atoms with E-state index in [1.54, 1.807) is 24.3 Å². The predicted octanol–water partition coefficient (Wildman–Crippen LogP) is 3.13. The van der Waals surface area contributed by atoms with Crippen molar-refractivity contribution in [2.45, 2.75) is 33.3 Å². The topological polar surface area (TPSA) is 128 Å². The zero-order valence-corrected chi connectivity index (χ0v) is 15.3. The van der Waals surface area contributed by atoms with Crippen LogP contribution in [0.15, 0.2) is 23.0 Å². The van der Waals surface area contributed by atoms with Crippen molar-refractivity contribution in [2.75, 3.05) is 6.61 Å². The fraction of sp³-hybridized carbons (Fsp3) is 0.333. The number of ether oxygens (including phenoxy) is 2. The average molecular weight is 375 g/mol. The molecule has 1 aromatic carbocycles. The lowest BCUT2D eigenvalue weighted by atomic mass is 10.2. The molecule has 0 saturated heterocycles. The maximum absolute atomic E-state index is 11.7. The smallest absolute Gasteiger partial charge is 0.395 e. The zero-order chi connectivity index (χ0) is 20.0. The summed E-state index contributed by atoms with van der Waals surface area (Å²) in [5.41, 5.74) is -1.28. The van der Waals surface area contributed by atoms with Gasteiger partial charge in [-0.3, -0.25) is 14.9 Å². The van der Waals surface area contributed by atoms with E-state index in [-0.39, 0.29) is 11.9 Å². The second-order valence-corrected chi connectivity index (χ2v) is 5.69. The molecular formula is C18H21N3O6. The van der Waals surface area contributed by atoms with Crippen LogP contribution >= 0.6 is 0 Å². The number of rotatable bonds is 8. The lowest BCUT2D eigenvalue weighted by Crippen LogP contribution is -2.14. The summed E-state index contributed by atoms with van der Waals surface area (Å²) in [7, 11) is 0. The Kier molecular flexibility index (Phi) is 6.53. The molecule has 144 valence electrons. The normalized spacial score (nSPS) is 12.1. The standard InChI is InChI=1S/C18H21N3O6/c1-4-11(3)27-13-8-6-12(10-14(13)26-5-2)7-9-15-19-17(22)16(21(24)25)18(23)20-15/h6-11H,4-5H2,1-3H3,(H2,19,20,22,23)/b9-7-/t11-/m0/s1. The van der Waals surface area contributed by atoms with Crippen LogP contribution in [-0.2, 0) is 0 Å². The first-order valence-electron chi connectivity index (χ1n) is 8.44. The fourth-order valence-electron chi connectivity index (χ4n) is 2.18. The van der Waals surface area contributed by atoms with E-state index in [0.717, 1.165) is 12.0 Å². The number of hydrogen-bond donors (Lipinski definition) is 2. The number of nitrogens with one attached hydrogen (secondary N) is 1. The number of nitro groups is 1. The summed E-state index contributed by atoms with van der Waals surface area (Å²) in [6, 6.07) is 5.33. The first kappa shape index (κ1) is 20.0. The molecule has 0 bridgehead atoms. The Hall–Kier alpha value is -3.36. The van der Waals surface area contributed by atoms with Crippen molar-refractivity contribution in [3.05, 3.63) is 50.1 Å². The van der Waals surface area contributed by atoms with Gasteiger partial charge in [-0.25, -0.2) is 0 Å². The molecule has 2 rings (SSSR count). The monoisotopic (exact) mass is 375 g/mol. The zero-order valence-electron chi connectivity index (χ0n) is 15.3. The van der Waals surface area contributed by atoms with Crippen LogP contribution in [0.25, 0.3) is 12.2 Å². The number of hydrogen-bond acceptors (Lipinski definition) is 7. The lowest BCUT2D eigenvalue weighted by molar-refractivity contribution is -0.387. The van der Waals surface area contributed by atoms with E-state index in [9.17, 15) is 20.0 Å². The second kappa shape index (κ2) is 8.84. The summed E-state index contributed by atoms with van der Waals surface area (Å²) in [5.74, 6) is 0.257. The van der Waals surface area contributed by atoms with Gasteiger partial charge in [-0.05, 0) is 44.0 Å². The predicted molar refractivity (Wildman–Crippen MR) is 100 cm³/mol. The van der Waals surface area contributed by atoms with Crippen molar-refractivity contribution in [3.8, 4) is 17.4 Å². The number of aromatic hydroxyl groups is 1. The summed E-state index contributed by atoms with van der Waals surface area (Å²) in [4.78, 5) is 27.2. The largest absolute Gasteiger partial charge is 0.490 e. The van der Waals surface area contributed by atoms with Crippen molar-refractivity contribution in [1.29, 1.82) is 0 Å². The van der Waals surface area contributed by atoms with Gasteiger partial charge in [-0.2, -0.15) is 4.98 Å². The Labute approximate surface area is 155 Å². The van der Waals surface area contributed by atoms with Crippen molar-refractivity contribution in [2.24, 2.45) is 0 Å². The Morgan fingerprint density at radius 3 is 2.67 bits per heavy atom. The summed E-state index contributed by atoms with van der Waals surface area (Å²) in [6.07, 6.45) is 3.95. The third-order valence-corrected chi connectivity index (χ3v) is 3.68. The summed E-state index contributed by atoms with van der Waals surface area (Å²) < 4.78 is 11.4. The number of benzene rings is 1. The van der Waals surface area contributed by atoms with Gasteiger partial charge in [0, 0.05) is 0 Å². The highest BCUT2D eigenvalue weighted by atomic mass is 16.6. The number of aromatic amines is 1. The highest BCUT2D eigenvalue weighted by molar-refractivity contribution is 5.68. The lowest BCUT2D eigenvalue weighted by Gasteiger charge is -2.16. The molecule has 0 radical (unpaired) electrons. The fourth-order valence-corrected chi connectivity index (χ4v) is 2.18. The van der Waals surface area contributed by atoms with E-state index in [0.29, 0.717) is 18.1 Å². The van der Waals surface area contributed by atoms with E-state index in [4.69, 9.17) is 9.47 Å². The maximum Gasteiger partial charge on any atom is 0.395 e. The molecule has 0 amide bonds. The van der Waals surface area contributed by atoms with Gasteiger partial charge in [-0.15, -0.1) is 0 Å². The van der Waals surface area contributed by atoms with Crippen LogP contribution in [0, 0.1) is 10.1 Å². The van der Waals surface area contributed by atoms with Gasteiger partial charge in [0.1, 0.15) is 5.82 Å². The van der Waals surface area contributed by atoms with Crippen LogP contribution in [-0.4, -0.2) is 32.7 Å². The first-order valence-corrected chi connectivity index (χ1v) is 8.44. The van der Waals surface area contributed by atoms with Crippen molar-refractivity contribution in [3.63, 3.8) is 0 Å². The van der Waals surface area contributed by atoms with Gasteiger partial charge in [0.05, 0.1) is 17.6 Å². The highest BCUT2D eigenvalue weighted by Gasteiger charge is 2.21. The molecule has 0 aliphatic carbocycles. The van der Waals surface area contributed by atoms with Gasteiger partial charge in [0.2, 0.25) is 0 Å². The van der Waals surface area contributed by atoms with Crippen LogP contribution in [0.5, 0.6) is 17.4 Å². The van der Waals surface area contributed by atoms with Gasteiger partial charge in [0.15, 0.2) is 11.5 Å². The molecule has 1 atom stereocenters. The van der Waals surface area contributed by atoms with Crippen LogP contribution in [0.4, 0.5) is 5.69 Å². The van der Waals surface area contributed by atoms with Gasteiger partial charge < -0.3 is 19.6 Å². The molecule has 1 heterocycles. The Bertz CT molecular complexity index is 906. The maximum atomic E-state index is 11.7. The summed E-state index contributed by atoms with van der Waals surface area (Å²) in [5, 5.41) is 20.3. The molecule has 0 saturated carbocycles. The van der Waals surface area contributed by atoms with E-state index in [1.165, 1.54) is 6.08 Å². The molecule has 0 fully saturated rings. The minimum absolute atomic E-state index is 0.0130.